The molecule has 0 saturated carbocycles. The average Bonchev–Trinajstić information content (AvgIpc) is 2.86. The maximum absolute atomic E-state index is 13.8. The number of thiophene rings is 1. The lowest BCUT2D eigenvalue weighted by Crippen LogP contribution is -2.25. The molecule has 1 aromatic carbocycles. The zero-order valence-electron chi connectivity index (χ0n) is 12.0. The number of hydrogen-bond acceptors (Lipinski definition) is 3. The molecule has 2 rings (SSSR count). The highest BCUT2D eigenvalue weighted by molar-refractivity contribution is 7.10. The van der Waals surface area contributed by atoms with Crippen molar-refractivity contribution < 1.29 is 13.9 Å². The van der Waals surface area contributed by atoms with Gasteiger partial charge in [0.1, 0.15) is 0 Å². The van der Waals surface area contributed by atoms with Crippen LogP contribution in [0.1, 0.15) is 22.4 Å². The average molecular weight is 311 g/mol. The third kappa shape index (κ3) is 4.33. The first-order valence-corrected chi connectivity index (χ1v) is 7.79. The molecule has 0 amide bonds. The van der Waals surface area contributed by atoms with Gasteiger partial charge in [-0.15, -0.1) is 11.3 Å². The number of aliphatic hydroxyl groups is 1. The minimum absolute atomic E-state index is 0.0888. The van der Waals surface area contributed by atoms with Crippen molar-refractivity contribution in [2.24, 2.45) is 0 Å². The van der Waals surface area contributed by atoms with Crippen molar-refractivity contribution in [2.45, 2.75) is 26.4 Å². The number of rotatable bonds is 7. The Labute approximate surface area is 127 Å². The summed E-state index contributed by atoms with van der Waals surface area (Å²) in [6, 6.07) is 6.30. The van der Waals surface area contributed by atoms with Gasteiger partial charge in [-0.05, 0) is 36.4 Å². The van der Waals surface area contributed by atoms with Crippen molar-refractivity contribution in [3.63, 3.8) is 0 Å². The van der Waals surface area contributed by atoms with Gasteiger partial charge < -0.3 is 5.11 Å². The molecular formula is C16H19F2NOS. The van der Waals surface area contributed by atoms with Crippen LogP contribution in [0.4, 0.5) is 8.78 Å². The summed E-state index contributed by atoms with van der Waals surface area (Å²) >= 11 is 1.66. The van der Waals surface area contributed by atoms with Gasteiger partial charge in [-0.25, -0.2) is 8.78 Å². The number of nitrogens with zero attached hydrogens (tertiary/aromatic N) is 1. The van der Waals surface area contributed by atoms with Crippen LogP contribution in [0.2, 0.25) is 0 Å². The van der Waals surface area contributed by atoms with Crippen molar-refractivity contribution in [3.05, 3.63) is 57.3 Å². The highest BCUT2D eigenvalue weighted by Crippen LogP contribution is 2.20. The highest BCUT2D eigenvalue weighted by atomic mass is 32.1. The molecule has 0 fully saturated rings. The number of aryl methyl sites for hydroxylation is 1. The minimum Gasteiger partial charge on any atom is -0.396 e. The van der Waals surface area contributed by atoms with E-state index in [0.29, 0.717) is 31.6 Å². The van der Waals surface area contributed by atoms with Gasteiger partial charge in [-0.2, -0.15) is 0 Å². The summed E-state index contributed by atoms with van der Waals surface area (Å²) in [5.74, 6) is -1.60. The molecule has 0 unspecified atom stereocenters. The Kier molecular flexibility index (Phi) is 5.85. The van der Waals surface area contributed by atoms with Crippen molar-refractivity contribution >= 4 is 11.3 Å². The van der Waals surface area contributed by atoms with Gasteiger partial charge in [-0.1, -0.05) is 12.1 Å². The Bertz CT molecular complexity index is 585. The van der Waals surface area contributed by atoms with E-state index in [1.807, 2.05) is 23.3 Å². The molecule has 1 aromatic heterocycles. The third-order valence-electron chi connectivity index (χ3n) is 3.39. The zero-order chi connectivity index (χ0) is 15.2. The van der Waals surface area contributed by atoms with E-state index in [1.165, 1.54) is 16.5 Å². The van der Waals surface area contributed by atoms with Crippen LogP contribution in [0.15, 0.2) is 29.6 Å². The number of aliphatic hydroxyl groups excluding tert-OH is 1. The second-order valence-electron chi connectivity index (χ2n) is 5.03. The van der Waals surface area contributed by atoms with Crippen molar-refractivity contribution in [2.75, 3.05) is 13.2 Å². The Morgan fingerprint density at radius 2 is 2.00 bits per heavy atom. The van der Waals surface area contributed by atoms with Gasteiger partial charge >= 0.3 is 0 Å². The first kappa shape index (κ1) is 16.1. The van der Waals surface area contributed by atoms with Gasteiger partial charge in [0.2, 0.25) is 0 Å². The van der Waals surface area contributed by atoms with Crippen molar-refractivity contribution in [1.29, 1.82) is 0 Å². The molecule has 114 valence electrons. The molecule has 0 spiro atoms. The molecule has 1 N–H and O–H groups in total. The topological polar surface area (TPSA) is 23.5 Å². The summed E-state index contributed by atoms with van der Waals surface area (Å²) in [5.41, 5.74) is 1.55. The van der Waals surface area contributed by atoms with Crippen LogP contribution in [0.3, 0.4) is 0 Å². The molecule has 0 aliphatic rings. The highest BCUT2D eigenvalue weighted by Gasteiger charge is 2.14. The second-order valence-corrected chi connectivity index (χ2v) is 6.03. The van der Waals surface area contributed by atoms with E-state index in [9.17, 15) is 8.78 Å². The molecule has 0 saturated heterocycles. The van der Waals surface area contributed by atoms with E-state index in [2.05, 4.69) is 0 Å². The molecule has 5 heteroatoms. The fourth-order valence-electron chi connectivity index (χ4n) is 2.19. The van der Waals surface area contributed by atoms with Gasteiger partial charge in [0.25, 0.3) is 0 Å². The van der Waals surface area contributed by atoms with Crippen LogP contribution in [0.5, 0.6) is 0 Å². The predicted octanol–water partition coefficient (Wildman–Crippen LogP) is 3.72. The first-order valence-electron chi connectivity index (χ1n) is 6.91. The Morgan fingerprint density at radius 1 is 1.19 bits per heavy atom. The third-order valence-corrected chi connectivity index (χ3v) is 4.40. The lowest BCUT2D eigenvalue weighted by atomic mass is 10.1. The fourth-order valence-corrected chi connectivity index (χ4v) is 3.14. The van der Waals surface area contributed by atoms with Gasteiger partial charge in [0.05, 0.1) is 0 Å². The Morgan fingerprint density at radius 3 is 2.67 bits per heavy atom. The predicted molar refractivity (Wildman–Crippen MR) is 81.2 cm³/mol. The quantitative estimate of drug-likeness (QED) is 0.842. The maximum atomic E-state index is 13.8. The van der Waals surface area contributed by atoms with E-state index in [0.717, 1.165) is 6.07 Å². The molecule has 2 nitrogen and oxygen atoms in total. The maximum Gasteiger partial charge on any atom is 0.163 e. The minimum atomic E-state index is -0.818. The van der Waals surface area contributed by atoms with E-state index in [1.54, 1.807) is 17.4 Å². The molecule has 0 bridgehead atoms. The van der Waals surface area contributed by atoms with E-state index in [-0.39, 0.29) is 6.61 Å². The molecule has 0 aliphatic carbocycles. The lowest BCUT2D eigenvalue weighted by molar-refractivity contribution is 0.211. The van der Waals surface area contributed by atoms with Crippen LogP contribution < -0.4 is 0 Å². The van der Waals surface area contributed by atoms with Crippen molar-refractivity contribution in [3.8, 4) is 0 Å². The van der Waals surface area contributed by atoms with E-state index in [4.69, 9.17) is 5.11 Å². The van der Waals surface area contributed by atoms with Gasteiger partial charge in [0, 0.05) is 36.7 Å². The molecular weight excluding hydrogens is 292 g/mol. The fraction of sp³-hybridized carbons (Fsp3) is 0.375. The normalized spacial score (nSPS) is 11.3. The molecule has 0 atom stereocenters. The van der Waals surface area contributed by atoms with E-state index < -0.39 is 11.6 Å². The second kappa shape index (κ2) is 7.64. The summed E-state index contributed by atoms with van der Waals surface area (Å²) in [5, 5.41) is 11.0. The van der Waals surface area contributed by atoms with Crippen LogP contribution in [-0.4, -0.2) is 23.2 Å². The van der Waals surface area contributed by atoms with Crippen LogP contribution in [0.25, 0.3) is 0 Å². The molecule has 2 aromatic rings. The number of hydrogen-bond donors (Lipinski definition) is 1. The molecule has 1 heterocycles. The van der Waals surface area contributed by atoms with Crippen LogP contribution >= 0.6 is 11.3 Å². The van der Waals surface area contributed by atoms with Crippen molar-refractivity contribution in [1.82, 2.24) is 4.90 Å². The molecule has 0 aliphatic heterocycles. The monoisotopic (exact) mass is 311 g/mol. The zero-order valence-corrected chi connectivity index (χ0v) is 12.8. The first-order chi connectivity index (χ1) is 10.1. The smallest absolute Gasteiger partial charge is 0.163 e. The molecule has 0 radical (unpaired) electrons. The molecule has 21 heavy (non-hydrogen) atoms. The van der Waals surface area contributed by atoms with Gasteiger partial charge in [0.15, 0.2) is 11.6 Å². The Hall–Kier alpha value is -1.30. The Balaban J connectivity index is 2.12. The summed E-state index contributed by atoms with van der Waals surface area (Å²) in [7, 11) is 0. The van der Waals surface area contributed by atoms with Crippen LogP contribution in [-0.2, 0) is 13.1 Å². The summed E-state index contributed by atoms with van der Waals surface area (Å²) in [6.07, 6.45) is 0.612. The largest absolute Gasteiger partial charge is 0.396 e. The summed E-state index contributed by atoms with van der Waals surface area (Å²) < 4.78 is 27.1. The lowest BCUT2D eigenvalue weighted by Gasteiger charge is -2.22. The summed E-state index contributed by atoms with van der Waals surface area (Å²) in [4.78, 5) is 3.25. The number of benzene rings is 1. The van der Waals surface area contributed by atoms with E-state index >= 15 is 0 Å². The SMILES string of the molecule is Cc1ccsc1CN(CCCO)Cc1cccc(F)c1F. The van der Waals surface area contributed by atoms with Gasteiger partial charge in [-0.3, -0.25) is 4.90 Å². The van der Waals surface area contributed by atoms with Crippen LogP contribution in [0, 0.1) is 18.6 Å². The summed E-state index contributed by atoms with van der Waals surface area (Å²) in [6.45, 7) is 3.79. The standard InChI is InChI=1S/C16H19F2NOS/c1-12-6-9-21-15(12)11-19(7-3-8-20)10-13-4-2-5-14(17)16(13)18/h2,4-6,9,20H,3,7-8,10-11H2,1H3. The number of halogens is 2.